The number of aromatic nitrogens is 3. The number of rotatable bonds is 6. The smallest absolute Gasteiger partial charge is 0.276 e. The quantitative estimate of drug-likeness (QED) is 0.413. The number of nitrogens with zero attached hydrogens (tertiary/aromatic N) is 5. The molecule has 0 bridgehead atoms. The average Bonchev–Trinajstić information content (AvgIpc) is 3.38. The molecule has 1 amide bonds. The van der Waals surface area contributed by atoms with Gasteiger partial charge in [-0.1, -0.05) is 24.3 Å². The van der Waals surface area contributed by atoms with Crippen molar-refractivity contribution in [2.45, 2.75) is 20.0 Å². The second-order valence-corrected chi connectivity index (χ2v) is 10.3. The third-order valence-corrected chi connectivity index (χ3v) is 7.84. The minimum absolute atomic E-state index is 0.212. The first-order valence-corrected chi connectivity index (χ1v) is 13.5. The van der Waals surface area contributed by atoms with E-state index in [0.29, 0.717) is 12.3 Å². The zero-order valence-corrected chi connectivity index (χ0v) is 21.9. The van der Waals surface area contributed by atoms with Crippen LogP contribution in [0.1, 0.15) is 27.4 Å². The third-order valence-electron chi connectivity index (χ3n) is 7.84. The Labute approximate surface area is 227 Å². The van der Waals surface area contributed by atoms with Gasteiger partial charge in [-0.25, -0.2) is 4.98 Å². The van der Waals surface area contributed by atoms with E-state index in [1.165, 1.54) is 16.6 Å². The molecule has 2 aromatic heterocycles. The lowest BCUT2D eigenvalue weighted by Gasteiger charge is -2.36. The maximum Gasteiger partial charge on any atom is 0.276 e. The van der Waals surface area contributed by atoms with E-state index in [-0.39, 0.29) is 5.91 Å². The van der Waals surface area contributed by atoms with Gasteiger partial charge >= 0.3 is 0 Å². The van der Waals surface area contributed by atoms with E-state index in [2.05, 4.69) is 62.6 Å². The zero-order chi connectivity index (χ0) is 26.3. The number of carbonyl (C=O) groups excluding carboxylic acids is 1. The van der Waals surface area contributed by atoms with Crippen molar-refractivity contribution >= 4 is 22.5 Å². The van der Waals surface area contributed by atoms with E-state index in [1.807, 2.05) is 35.8 Å². The highest BCUT2D eigenvalue weighted by molar-refractivity contribution is 5.95. The number of hydrogen-bond donors (Lipinski definition) is 1. The average molecular weight is 519 g/mol. The fraction of sp³-hybridized carbons (Fsp3) is 0.258. The van der Waals surface area contributed by atoms with Crippen LogP contribution in [-0.2, 0) is 13.0 Å². The molecule has 2 aromatic carbocycles. The number of carbonyl (C=O) groups is 1. The highest BCUT2D eigenvalue weighted by Gasteiger charge is 2.27. The number of imidazole rings is 1. The predicted molar refractivity (Wildman–Crippen MR) is 151 cm³/mol. The summed E-state index contributed by atoms with van der Waals surface area (Å²) in [6.07, 6.45) is 8.24. The normalized spacial score (nSPS) is 16.2. The maximum atomic E-state index is 12.7. The summed E-state index contributed by atoms with van der Waals surface area (Å²) in [5, 5.41) is 4.10. The molecule has 196 valence electrons. The van der Waals surface area contributed by atoms with E-state index in [1.54, 1.807) is 6.33 Å². The summed E-state index contributed by atoms with van der Waals surface area (Å²) in [6.45, 7) is 7.34. The SMILES string of the molecule is Cc1ccc2c(N3CCN(CCc4cccc5c4OCc4c(C(=O)NC6=CC=C6)ncn4-5)CC3)cccc2n1. The summed E-state index contributed by atoms with van der Waals surface area (Å²) in [7, 11) is 0. The van der Waals surface area contributed by atoms with Gasteiger partial charge in [-0.2, -0.15) is 0 Å². The van der Waals surface area contributed by atoms with Crippen molar-refractivity contribution < 1.29 is 9.53 Å². The number of amides is 1. The van der Waals surface area contributed by atoms with E-state index in [9.17, 15) is 4.79 Å². The monoisotopic (exact) mass is 518 g/mol. The van der Waals surface area contributed by atoms with E-state index < -0.39 is 0 Å². The van der Waals surface area contributed by atoms with Crippen molar-refractivity contribution in [3.8, 4) is 11.4 Å². The van der Waals surface area contributed by atoms with Gasteiger partial charge in [0.1, 0.15) is 18.7 Å². The largest absolute Gasteiger partial charge is 0.485 e. The van der Waals surface area contributed by atoms with Crippen LogP contribution in [0.2, 0.25) is 0 Å². The fourth-order valence-electron chi connectivity index (χ4n) is 5.65. The van der Waals surface area contributed by atoms with Crippen LogP contribution < -0.4 is 15.0 Å². The van der Waals surface area contributed by atoms with Gasteiger partial charge in [0.2, 0.25) is 0 Å². The summed E-state index contributed by atoms with van der Waals surface area (Å²) in [5.74, 6) is 0.674. The standard InChI is InChI=1S/C31H30N6O2/c1-21-11-12-24-25(33-21)8-4-9-26(24)36-17-15-35(16-18-36)14-13-22-5-2-10-27-30(22)39-19-28-29(32-20-37(27)28)31(38)34-23-6-3-7-23/h2-12,20H,13-19H2,1H3,(H,34,38). The molecule has 0 atom stereocenters. The summed E-state index contributed by atoms with van der Waals surface area (Å²) < 4.78 is 8.23. The number of fused-ring (bicyclic) bond motifs is 4. The van der Waals surface area contributed by atoms with Gasteiger partial charge < -0.3 is 15.0 Å². The van der Waals surface area contributed by atoms with Crippen LogP contribution in [0.15, 0.2) is 78.8 Å². The number of anilines is 1. The number of aryl methyl sites for hydroxylation is 1. The van der Waals surface area contributed by atoms with Crippen LogP contribution in [0.5, 0.6) is 5.75 Å². The summed E-state index contributed by atoms with van der Waals surface area (Å²) in [6, 6.07) is 16.9. The van der Waals surface area contributed by atoms with Crippen LogP contribution in [0.3, 0.4) is 0 Å². The van der Waals surface area contributed by atoms with E-state index in [4.69, 9.17) is 9.72 Å². The van der Waals surface area contributed by atoms with Crippen molar-refractivity contribution in [1.82, 2.24) is 24.8 Å². The van der Waals surface area contributed by atoms with Crippen molar-refractivity contribution in [3.63, 3.8) is 0 Å². The van der Waals surface area contributed by atoms with Gasteiger partial charge in [-0.05, 0) is 61.4 Å². The lowest BCUT2D eigenvalue weighted by molar-refractivity contribution is 0.0959. The molecule has 8 heteroatoms. The molecule has 1 N–H and O–H groups in total. The Balaban J connectivity index is 1.02. The Morgan fingerprint density at radius 3 is 2.67 bits per heavy atom. The van der Waals surface area contributed by atoms with Crippen LogP contribution >= 0.6 is 0 Å². The highest BCUT2D eigenvalue weighted by atomic mass is 16.5. The first-order chi connectivity index (χ1) is 19.1. The molecule has 7 rings (SSSR count). The van der Waals surface area contributed by atoms with Gasteiger partial charge in [-0.15, -0.1) is 0 Å². The summed E-state index contributed by atoms with van der Waals surface area (Å²) >= 11 is 0. The first kappa shape index (κ1) is 23.7. The van der Waals surface area contributed by atoms with Crippen LogP contribution in [-0.4, -0.2) is 58.1 Å². The summed E-state index contributed by atoms with van der Waals surface area (Å²) in [5.41, 5.74) is 7.48. The Hall–Kier alpha value is -4.43. The molecular weight excluding hydrogens is 488 g/mol. The number of nitrogens with one attached hydrogen (secondary N) is 1. The minimum atomic E-state index is -0.212. The van der Waals surface area contributed by atoms with Gasteiger partial charge in [-0.3, -0.25) is 19.2 Å². The molecule has 0 saturated carbocycles. The molecular formula is C31H30N6O2. The van der Waals surface area contributed by atoms with Crippen molar-refractivity contribution in [1.29, 1.82) is 0 Å². The van der Waals surface area contributed by atoms with Crippen LogP contribution in [0.25, 0.3) is 16.6 Å². The number of hydrogen-bond acceptors (Lipinski definition) is 6. The molecule has 4 heterocycles. The van der Waals surface area contributed by atoms with E-state index in [0.717, 1.165) is 73.2 Å². The molecule has 4 aromatic rings. The van der Waals surface area contributed by atoms with Gasteiger partial charge in [0.25, 0.3) is 5.91 Å². The molecule has 8 nitrogen and oxygen atoms in total. The molecule has 2 aliphatic heterocycles. The van der Waals surface area contributed by atoms with Gasteiger partial charge in [0.05, 0.1) is 16.9 Å². The number of ether oxygens (including phenoxy) is 1. The predicted octanol–water partition coefficient (Wildman–Crippen LogP) is 4.17. The Morgan fingerprint density at radius 2 is 1.85 bits per heavy atom. The number of pyridine rings is 1. The van der Waals surface area contributed by atoms with Crippen molar-refractivity contribution in [2.75, 3.05) is 37.6 Å². The van der Waals surface area contributed by atoms with Crippen molar-refractivity contribution in [3.05, 3.63) is 101 Å². The molecule has 1 fully saturated rings. The van der Waals surface area contributed by atoms with E-state index >= 15 is 0 Å². The third kappa shape index (κ3) is 4.36. The van der Waals surface area contributed by atoms with Gasteiger partial charge in [0, 0.05) is 55.2 Å². The lowest BCUT2D eigenvalue weighted by Crippen LogP contribution is -2.47. The second kappa shape index (κ2) is 9.71. The molecule has 39 heavy (non-hydrogen) atoms. The molecule has 0 radical (unpaired) electrons. The number of benzene rings is 2. The highest BCUT2D eigenvalue weighted by Crippen LogP contribution is 2.35. The van der Waals surface area contributed by atoms with Crippen LogP contribution in [0.4, 0.5) is 5.69 Å². The molecule has 1 saturated heterocycles. The van der Waals surface area contributed by atoms with Crippen molar-refractivity contribution in [2.24, 2.45) is 0 Å². The Bertz CT molecular complexity index is 1640. The molecule has 0 spiro atoms. The Morgan fingerprint density at radius 1 is 1.03 bits per heavy atom. The number of para-hydroxylation sites is 1. The minimum Gasteiger partial charge on any atom is -0.485 e. The number of piperazine rings is 1. The Kier molecular flexibility index (Phi) is 5.89. The first-order valence-electron chi connectivity index (χ1n) is 13.5. The summed E-state index contributed by atoms with van der Waals surface area (Å²) in [4.78, 5) is 26.8. The van der Waals surface area contributed by atoms with Crippen LogP contribution in [0, 0.1) is 6.92 Å². The maximum absolute atomic E-state index is 12.7. The fourth-order valence-corrected chi connectivity index (χ4v) is 5.65. The molecule has 0 unspecified atom stereocenters. The molecule has 1 aliphatic carbocycles. The lowest BCUT2D eigenvalue weighted by atomic mass is 10.1. The molecule has 3 aliphatic rings. The second-order valence-electron chi connectivity index (χ2n) is 10.3. The topological polar surface area (TPSA) is 75.5 Å². The number of allylic oxidation sites excluding steroid dienone is 3. The van der Waals surface area contributed by atoms with Gasteiger partial charge in [0.15, 0.2) is 5.69 Å². The zero-order valence-electron chi connectivity index (χ0n) is 21.9.